The molecule has 0 amide bonds. The van der Waals surface area contributed by atoms with E-state index in [1.807, 2.05) is 29.5 Å². The molecule has 4 rings (SSSR count). The SMILES string of the molecule is Cc1c(Br)ccc2nc(-c3ccc(C4CC4C)o3)c(N)n12. The fraction of sp³-hybridized carbons (Fsp3) is 0.312. The second kappa shape index (κ2) is 4.37. The number of nitrogens with zero attached hydrogens (tertiary/aromatic N) is 2. The molecule has 2 unspecified atom stereocenters. The number of pyridine rings is 1. The summed E-state index contributed by atoms with van der Waals surface area (Å²) in [5.41, 5.74) is 8.87. The number of fused-ring (bicyclic) bond motifs is 1. The first-order chi connectivity index (χ1) is 10.1. The van der Waals surface area contributed by atoms with Gasteiger partial charge in [-0.1, -0.05) is 6.92 Å². The van der Waals surface area contributed by atoms with Crippen molar-refractivity contribution in [2.75, 3.05) is 5.73 Å². The zero-order chi connectivity index (χ0) is 14.7. The van der Waals surface area contributed by atoms with E-state index in [0.717, 1.165) is 38.9 Å². The first-order valence-corrected chi connectivity index (χ1v) is 7.88. The summed E-state index contributed by atoms with van der Waals surface area (Å²) >= 11 is 3.53. The van der Waals surface area contributed by atoms with Crippen molar-refractivity contribution in [3.8, 4) is 11.5 Å². The standard InChI is InChI=1S/C16H16BrN3O/c1-8-7-10(8)12-4-5-13(21-12)15-16(18)20-9(2)11(17)3-6-14(20)19-15/h3-6,8,10H,7,18H2,1-2H3. The minimum atomic E-state index is 0.563. The van der Waals surface area contributed by atoms with Crippen molar-refractivity contribution in [2.45, 2.75) is 26.2 Å². The number of anilines is 1. The van der Waals surface area contributed by atoms with Gasteiger partial charge in [0.25, 0.3) is 0 Å². The highest BCUT2D eigenvalue weighted by molar-refractivity contribution is 9.10. The second-order valence-corrected chi connectivity index (χ2v) is 6.68. The van der Waals surface area contributed by atoms with E-state index >= 15 is 0 Å². The van der Waals surface area contributed by atoms with Crippen LogP contribution in [-0.2, 0) is 0 Å². The minimum absolute atomic E-state index is 0.563. The number of hydrogen-bond donors (Lipinski definition) is 1. The monoisotopic (exact) mass is 345 g/mol. The molecular formula is C16H16BrN3O. The number of nitrogens with two attached hydrogens (primary N) is 1. The molecule has 1 aliphatic rings. The Balaban J connectivity index is 1.85. The molecule has 3 aromatic rings. The second-order valence-electron chi connectivity index (χ2n) is 5.83. The molecule has 21 heavy (non-hydrogen) atoms. The summed E-state index contributed by atoms with van der Waals surface area (Å²) < 4.78 is 8.93. The summed E-state index contributed by atoms with van der Waals surface area (Å²) in [6.07, 6.45) is 1.21. The quantitative estimate of drug-likeness (QED) is 0.750. The van der Waals surface area contributed by atoms with Crippen molar-refractivity contribution in [1.29, 1.82) is 0 Å². The van der Waals surface area contributed by atoms with E-state index in [4.69, 9.17) is 10.2 Å². The first-order valence-electron chi connectivity index (χ1n) is 7.09. The van der Waals surface area contributed by atoms with Crippen LogP contribution in [0.4, 0.5) is 5.82 Å². The van der Waals surface area contributed by atoms with Gasteiger partial charge in [-0.25, -0.2) is 4.98 Å². The predicted molar refractivity (Wildman–Crippen MR) is 86.3 cm³/mol. The molecule has 0 saturated heterocycles. The third kappa shape index (κ3) is 1.91. The fourth-order valence-electron chi connectivity index (χ4n) is 2.87. The lowest BCUT2D eigenvalue weighted by Crippen LogP contribution is -1.98. The summed E-state index contributed by atoms with van der Waals surface area (Å²) in [5, 5.41) is 0. The molecule has 0 aromatic carbocycles. The van der Waals surface area contributed by atoms with Crippen LogP contribution in [0.15, 0.2) is 33.2 Å². The first kappa shape index (κ1) is 13.0. The molecule has 2 atom stereocenters. The Bertz CT molecular complexity index is 849. The van der Waals surface area contributed by atoms with E-state index in [9.17, 15) is 0 Å². The number of rotatable bonds is 2. The molecule has 0 bridgehead atoms. The zero-order valence-corrected chi connectivity index (χ0v) is 13.5. The van der Waals surface area contributed by atoms with E-state index in [0.29, 0.717) is 11.7 Å². The van der Waals surface area contributed by atoms with Crippen LogP contribution in [0.2, 0.25) is 0 Å². The van der Waals surface area contributed by atoms with Gasteiger partial charge in [0.15, 0.2) is 5.76 Å². The van der Waals surface area contributed by atoms with Gasteiger partial charge in [0.05, 0.1) is 0 Å². The lowest BCUT2D eigenvalue weighted by atomic mass is 10.2. The number of halogens is 1. The molecule has 4 nitrogen and oxygen atoms in total. The highest BCUT2D eigenvalue weighted by atomic mass is 79.9. The summed E-state index contributed by atoms with van der Waals surface area (Å²) in [6, 6.07) is 7.96. The van der Waals surface area contributed by atoms with Crippen molar-refractivity contribution in [3.05, 3.63) is 40.2 Å². The molecule has 5 heteroatoms. The molecule has 1 saturated carbocycles. The van der Waals surface area contributed by atoms with Gasteiger partial charge in [-0.3, -0.25) is 4.40 Å². The molecule has 0 aliphatic heterocycles. The van der Waals surface area contributed by atoms with Crippen LogP contribution in [0.1, 0.15) is 30.7 Å². The molecule has 3 aromatic heterocycles. The number of nitrogen functional groups attached to an aromatic ring is 1. The molecule has 2 N–H and O–H groups in total. The van der Waals surface area contributed by atoms with Gasteiger partial charge >= 0.3 is 0 Å². The summed E-state index contributed by atoms with van der Waals surface area (Å²) in [4.78, 5) is 4.62. The topological polar surface area (TPSA) is 56.5 Å². The maximum Gasteiger partial charge on any atom is 0.156 e. The number of furan rings is 1. The minimum Gasteiger partial charge on any atom is -0.459 e. The highest BCUT2D eigenvalue weighted by Gasteiger charge is 2.36. The van der Waals surface area contributed by atoms with Crippen LogP contribution in [0.25, 0.3) is 17.1 Å². The van der Waals surface area contributed by atoms with Crippen molar-refractivity contribution in [3.63, 3.8) is 0 Å². The molecule has 1 aliphatic carbocycles. The Morgan fingerprint density at radius 3 is 2.81 bits per heavy atom. The Morgan fingerprint density at radius 2 is 2.10 bits per heavy atom. The molecule has 0 spiro atoms. The Morgan fingerprint density at radius 1 is 1.33 bits per heavy atom. The van der Waals surface area contributed by atoms with Gasteiger partial charge in [0, 0.05) is 16.1 Å². The Hall–Kier alpha value is -1.75. The highest BCUT2D eigenvalue weighted by Crippen LogP contribution is 2.48. The maximum absolute atomic E-state index is 6.29. The van der Waals surface area contributed by atoms with Crippen LogP contribution in [0, 0.1) is 12.8 Å². The lowest BCUT2D eigenvalue weighted by Gasteiger charge is -2.03. The van der Waals surface area contributed by atoms with Crippen molar-refractivity contribution in [1.82, 2.24) is 9.38 Å². The average molecular weight is 346 g/mol. The number of imidazole rings is 1. The molecular weight excluding hydrogens is 330 g/mol. The van der Waals surface area contributed by atoms with Crippen molar-refractivity contribution >= 4 is 27.4 Å². The number of hydrogen-bond acceptors (Lipinski definition) is 3. The Labute approximate surface area is 131 Å². The van der Waals surface area contributed by atoms with Gasteiger partial charge < -0.3 is 10.2 Å². The number of aryl methyl sites for hydroxylation is 1. The van der Waals surface area contributed by atoms with Gasteiger partial charge in [-0.05, 0) is 59.5 Å². The van der Waals surface area contributed by atoms with Crippen LogP contribution >= 0.6 is 15.9 Å². The van der Waals surface area contributed by atoms with Crippen LogP contribution in [0.5, 0.6) is 0 Å². The number of aromatic nitrogens is 2. The predicted octanol–water partition coefficient (Wildman–Crippen LogP) is 4.37. The zero-order valence-electron chi connectivity index (χ0n) is 11.9. The molecule has 3 heterocycles. The van der Waals surface area contributed by atoms with E-state index in [-0.39, 0.29) is 0 Å². The smallest absolute Gasteiger partial charge is 0.156 e. The average Bonchev–Trinajstić information content (AvgIpc) is 2.89. The van der Waals surface area contributed by atoms with Crippen LogP contribution in [0.3, 0.4) is 0 Å². The van der Waals surface area contributed by atoms with E-state index in [1.165, 1.54) is 6.42 Å². The third-order valence-electron chi connectivity index (χ3n) is 4.33. The van der Waals surface area contributed by atoms with E-state index in [1.54, 1.807) is 0 Å². The van der Waals surface area contributed by atoms with Crippen LogP contribution in [-0.4, -0.2) is 9.38 Å². The fourth-order valence-corrected chi connectivity index (χ4v) is 3.18. The molecule has 1 fully saturated rings. The largest absolute Gasteiger partial charge is 0.459 e. The lowest BCUT2D eigenvalue weighted by molar-refractivity contribution is 0.517. The normalized spacial score (nSPS) is 21.1. The third-order valence-corrected chi connectivity index (χ3v) is 5.17. The van der Waals surface area contributed by atoms with Gasteiger partial charge in [-0.2, -0.15) is 0 Å². The van der Waals surface area contributed by atoms with Gasteiger partial charge in [0.1, 0.15) is 22.9 Å². The Kier molecular flexibility index (Phi) is 2.70. The van der Waals surface area contributed by atoms with E-state index < -0.39 is 0 Å². The van der Waals surface area contributed by atoms with Crippen molar-refractivity contribution in [2.24, 2.45) is 5.92 Å². The molecule has 0 radical (unpaired) electrons. The van der Waals surface area contributed by atoms with Gasteiger partial charge in [-0.15, -0.1) is 0 Å². The summed E-state index contributed by atoms with van der Waals surface area (Å²) in [5.74, 6) is 3.70. The van der Waals surface area contributed by atoms with Crippen molar-refractivity contribution < 1.29 is 4.42 Å². The summed E-state index contributed by atoms with van der Waals surface area (Å²) in [6.45, 7) is 4.26. The summed E-state index contributed by atoms with van der Waals surface area (Å²) in [7, 11) is 0. The molecule has 108 valence electrons. The van der Waals surface area contributed by atoms with Crippen LogP contribution < -0.4 is 5.73 Å². The maximum atomic E-state index is 6.29. The van der Waals surface area contributed by atoms with Gasteiger partial charge in [0.2, 0.25) is 0 Å². The van der Waals surface area contributed by atoms with E-state index in [2.05, 4.69) is 33.9 Å².